The van der Waals surface area contributed by atoms with Gasteiger partial charge < -0.3 is 10.5 Å². The van der Waals surface area contributed by atoms with Crippen LogP contribution in [0.25, 0.3) is 0 Å². The van der Waals surface area contributed by atoms with Gasteiger partial charge in [0.05, 0.1) is 13.3 Å². The number of rotatable bonds is 3. The summed E-state index contributed by atoms with van der Waals surface area (Å²) in [4.78, 5) is 4.17. The molecule has 86 valence electrons. The Bertz CT molecular complexity index is 383. The third-order valence-corrected chi connectivity index (χ3v) is 4.14. The first-order valence-electron chi connectivity index (χ1n) is 6.02. The predicted octanol–water partition coefficient (Wildman–Crippen LogP) is 2.14. The minimum absolute atomic E-state index is 0.135. The number of pyridine rings is 1. The minimum atomic E-state index is 0.135. The molecule has 0 bridgehead atoms. The normalized spacial score (nSPS) is 33.2. The van der Waals surface area contributed by atoms with Crippen LogP contribution in [0.5, 0.6) is 5.75 Å². The van der Waals surface area contributed by atoms with Crippen LogP contribution in [-0.2, 0) is 0 Å². The quantitative estimate of drug-likeness (QED) is 0.845. The average molecular weight is 218 g/mol. The highest BCUT2D eigenvalue weighted by atomic mass is 16.5. The highest BCUT2D eigenvalue weighted by Gasteiger charge is 2.47. The van der Waals surface area contributed by atoms with Gasteiger partial charge in [-0.3, -0.25) is 4.98 Å². The molecule has 2 saturated carbocycles. The number of hydrogen-bond acceptors (Lipinski definition) is 3. The average Bonchev–Trinajstić information content (AvgIpc) is 2.95. The first kappa shape index (κ1) is 10.1. The topological polar surface area (TPSA) is 48.1 Å². The van der Waals surface area contributed by atoms with E-state index in [0.29, 0.717) is 5.92 Å². The van der Waals surface area contributed by atoms with E-state index >= 15 is 0 Å². The van der Waals surface area contributed by atoms with Gasteiger partial charge in [-0.25, -0.2) is 0 Å². The van der Waals surface area contributed by atoms with Crippen molar-refractivity contribution in [3.63, 3.8) is 0 Å². The maximum Gasteiger partial charge on any atom is 0.137 e. The maximum atomic E-state index is 6.31. The van der Waals surface area contributed by atoms with E-state index in [9.17, 15) is 0 Å². The van der Waals surface area contributed by atoms with Crippen molar-refractivity contribution in [2.45, 2.75) is 25.3 Å². The molecule has 2 aliphatic carbocycles. The summed E-state index contributed by atoms with van der Waals surface area (Å²) in [5.41, 5.74) is 7.43. The SMILES string of the molecule is COc1cncc(C(N)C2CC3CC3C2)c1. The smallest absolute Gasteiger partial charge is 0.137 e. The van der Waals surface area contributed by atoms with E-state index in [4.69, 9.17) is 10.5 Å². The lowest BCUT2D eigenvalue weighted by atomic mass is 9.91. The van der Waals surface area contributed by atoms with Crippen LogP contribution >= 0.6 is 0 Å². The number of fused-ring (bicyclic) bond motifs is 1. The van der Waals surface area contributed by atoms with Gasteiger partial charge in [-0.2, -0.15) is 0 Å². The number of aromatic nitrogens is 1. The van der Waals surface area contributed by atoms with Gasteiger partial charge in [-0.15, -0.1) is 0 Å². The van der Waals surface area contributed by atoms with Gasteiger partial charge in [0.2, 0.25) is 0 Å². The molecule has 3 heteroatoms. The summed E-state index contributed by atoms with van der Waals surface area (Å²) in [6.45, 7) is 0. The van der Waals surface area contributed by atoms with Crippen LogP contribution in [0.1, 0.15) is 30.9 Å². The van der Waals surface area contributed by atoms with E-state index in [1.54, 1.807) is 13.3 Å². The summed E-state index contributed by atoms with van der Waals surface area (Å²) in [5.74, 6) is 3.41. The second-order valence-electron chi connectivity index (χ2n) is 5.17. The molecule has 1 heterocycles. The van der Waals surface area contributed by atoms with Crippen LogP contribution in [0.2, 0.25) is 0 Å². The summed E-state index contributed by atoms with van der Waals surface area (Å²) in [6, 6.07) is 2.15. The molecule has 2 aliphatic rings. The number of hydrogen-bond donors (Lipinski definition) is 1. The Morgan fingerprint density at radius 1 is 1.31 bits per heavy atom. The van der Waals surface area contributed by atoms with Gasteiger partial charge in [0.25, 0.3) is 0 Å². The van der Waals surface area contributed by atoms with Gasteiger partial charge in [0.15, 0.2) is 0 Å². The Hall–Kier alpha value is -1.09. The third-order valence-electron chi connectivity index (χ3n) is 4.14. The van der Waals surface area contributed by atoms with Crippen molar-refractivity contribution in [3.8, 4) is 5.75 Å². The maximum absolute atomic E-state index is 6.31. The largest absolute Gasteiger partial charge is 0.495 e. The molecular formula is C13H18N2O. The van der Waals surface area contributed by atoms with E-state index in [1.807, 2.05) is 12.3 Å². The fraction of sp³-hybridized carbons (Fsp3) is 0.615. The molecule has 1 aromatic heterocycles. The van der Waals surface area contributed by atoms with Crippen LogP contribution in [0, 0.1) is 17.8 Å². The van der Waals surface area contributed by atoms with Crippen LogP contribution in [0.3, 0.4) is 0 Å². The summed E-state index contributed by atoms with van der Waals surface area (Å²) < 4.78 is 5.18. The Labute approximate surface area is 96.0 Å². The molecule has 0 saturated heterocycles. The molecule has 0 aromatic carbocycles. The number of ether oxygens (including phenoxy) is 1. The fourth-order valence-electron chi connectivity index (χ4n) is 3.06. The molecular weight excluding hydrogens is 200 g/mol. The Morgan fingerprint density at radius 3 is 2.75 bits per heavy atom. The minimum Gasteiger partial charge on any atom is -0.495 e. The van der Waals surface area contributed by atoms with Crippen molar-refractivity contribution >= 4 is 0 Å². The Morgan fingerprint density at radius 2 is 2.06 bits per heavy atom. The van der Waals surface area contributed by atoms with Crippen molar-refractivity contribution in [3.05, 3.63) is 24.0 Å². The molecule has 0 aliphatic heterocycles. The summed E-state index contributed by atoms with van der Waals surface area (Å²) in [7, 11) is 1.66. The van der Waals surface area contributed by atoms with Crippen molar-refractivity contribution in [2.24, 2.45) is 23.5 Å². The number of methoxy groups -OCH3 is 1. The summed E-state index contributed by atoms with van der Waals surface area (Å²) in [6.07, 6.45) is 7.66. The second-order valence-corrected chi connectivity index (χ2v) is 5.17. The zero-order valence-electron chi connectivity index (χ0n) is 9.60. The van der Waals surface area contributed by atoms with Gasteiger partial charge in [-0.1, -0.05) is 0 Å². The van der Waals surface area contributed by atoms with Gasteiger partial charge in [0, 0.05) is 12.2 Å². The van der Waals surface area contributed by atoms with Crippen LogP contribution < -0.4 is 10.5 Å². The molecule has 1 aromatic rings. The molecule has 2 N–H and O–H groups in total. The lowest BCUT2D eigenvalue weighted by Crippen LogP contribution is -2.20. The van der Waals surface area contributed by atoms with Crippen molar-refractivity contribution < 1.29 is 4.74 Å². The Kier molecular flexibility index (Phi) is 2.36. The second kappa shape index (κ2) is 3.74. The van der Waals surface area contributed by atoms with Crippen LogP contribution in [0.4, 0.5) is 0 Å². The Balaban J connectivity index is 1.75. The first-order chi connectivity index (χ1) is 7.78. The molecule has 16 heavy (non-hydrogen) atoms. The molecule has 3 nitrogen and oxygen atoms in total. The van der Waals surface area contributed by atoms with E-state index in [2.05, 4.69) is 4.98 Å². The van der Waals surface area contributed by atoms with Crippen molar-refractivity contribution in [1.29, 1.82) is 0 Å². The lowest BCUT2D eigenvalue weighted by Gasteiger charge is -2.20. The highest BCUT2D eigenvalue weighted by Crippen LogP contribution is 2.56. The first-order valence-corrected chi connectivity index (χ1v) is 6.02. The van der Waals surface area contributed by atoms with E-state index in [-0.39, 0.29) is 6.04 Å². The zero-order valence-corrected chi connectivity index (χ0v) is 9.60. The van der Waals surface area contributed by atoms with Gasteiger partial charge in [0.1, 0.15) is 5.75 Å². The molecule has 0 amide bonds. The van der Waals surface area contributed by atoms with Crippen molar-refractivity contribution in [1.82, 2.24) is 4.98 Å². The lowest BCUT2D eigenvalue weighted by molar-refractivity contribution is 0.394. The number of nitrogens with zero attached hydrogens (tertiary/aromatic N) is 1. The number of nitrogens with two attached hydrogens (primary N) is 1. The molecule has 0 radical (unpaired) electrons. The fourth-order valence-corrected chi connectivity index (χ4v) is 3.06. The molecule has 2 fully saturated rings. The summed E-state index contributed by atoms with van der Waals surface area (Å²) >= 11 is 0. The highest BCUT2D eigenvalue weighted by molar-refractivity contribution is 5.26. The van der Waals surface area contributed by atoms with E-state index < -0.39 is 0 Å². The van der Waals surface area contributed by atoms with E-state index in [0.717, 1.165) is 23.1 Å². The van der Waals surface area contributed by atoms with E-state index in [1.165, 1.54) is 19.3 Å². The molecule has 0 spiro atoms. The third kappa shape index (κ3) is 1.69. The van der Waals surface area contributed by atoms with Gasteiger partial charge in [-0.05, 0) is 48.6 Å². The molecule has 3 rings (SSSR count). The molecule has 3 atom stereocenters. The standard InChI is InChI=1S/C13H18N2O/c1-16-12-5-11(6-15-7-12)13(14)10-3-8-2-9(8)4-10/h5-10,13H,2-4,14H2,1H3. The molecule has 3 unspecified atom stereocenters. The van der Waals surface area contributed by atoms with Crippen molar-refractivity contribution in [2.75, 3.05) is 7.11 Å². The van der Waals surface area contributed by atoms with Gasteiger partial charge >= 0.3 is 0 Å². The zero-order chi connectivity index (χ0) is 11.1. The van der Waals surface area contributed by atoms with Crippen LogP contribution in [0.15, 0.2) is 18.5 Å². The predicted molar refractivity (Wildman–Crippen MR) is 62.0 cm³/mol. The monoisotopic (exact) mass is 218 g/mol. The summed E-state index contributed by atoms with van der Waals surface area (Å²) in [5, 5.41) is 0. The van der Waals surface area contributed by atoms with Crippen LogP contribution in [-0.4, -0.2) is 12.1 Å².